The molecule has 0 fully saturated rings. The van der Waals surface area contributed by atoms with Gasteiger partial charge in [-0.05, 0) is 62.1 Å². The van der Waals surface area contributed by atoms with Gasteiger partial charge in [0.2, 0.25) is 5.91 Å². The summed E-state index contributed by atoms with van der Waals surface area (Å²) in [5.74, 6) is 0.249. The maximum Gasteiger partial charge on any atom is 0.234 e. The van der Waals surface area contributed by atoms with E-state index in [2.05, 4.69) is 54.5 Å². The van der Waals surface area contributed by atoms with Gasteiger partial charge in [0, 0.05) is 36.6 Å². The van der Waals surface area contributed by atoms with E-state index < -0.39 is 0 Å². The van der Waals surface area contributed by atoms with Gasteiger partial charge in [0.1, 0.15) is 5.82 Å². The molecule has 4 rings (SSSR count). The number of nitrogens with one attached hydrogen (secondary N) is 2. The van der Waals surface area contributed by atoms with E-state index in [-0.39, 0.29) is 23.3 Å². The molecule has 0 saturated heterocycles. The zero-order chi connectivity index (χ0) is 27.1. The Morgan fingerprint density at radius 1 is 0.947 bits per heavy atom. The van der Waals surface area contributed by atoms with Crippen LogP contribution in [0.2, 0.25) is 0 Å². The fourth-order valence-electron chi connectivity index (χ4n) is 4.19. The van der Waals surface area contributed by atoms with E-state index in [4.69, 9.17) is 5.26 Å². The van der Waals surface area contributed by atoms with Gasteiger partial charge in [0.25, 0.3) is 0 Å². The number of amides is 1. The van der Waals surface area contributed by atoms with E-state index in [1.165, 1.54) is 0 Å². The minimum Gasteiger partial charge on any atom is -0.315 e. The fourth-order valence-corrected chi connectivity index (χ4v) is 4.19. The SMILES string of the molecule is C[C@@H](CNCC(C(=O)Nc1ccc(-c2cnn(C(C)(C)C)c2)cn1)c1ccccc1)c1ccc(C#N)cc1. The first kappa shape index (κ1) is 26.8. The number of benzene rings is 2. The van der Waals surface area contributed by atoms with Gasteiger partial charge < -0.3 is 10.6 Å². The van der Waals surface area contributed by atoms with Crippen LogP contribution in [0.5, 0.6) is 0 Å². The molecule has 1 amide bonds. The third-order valence-electron chi connectivity index (χ3n) is 6.54. The molecular weight excluding hydrogens is 472 g/mol. The van der Waals surface area contributed by atoms with E-state index in [0.717, 1.165) is 22.3 Å². The molecular formula is C31H34N6O. The second kappa shape index (κ2) is 11.8. The highest BCUT2D eigenvalue weighted by Crippen LogP contribution is 2.23. The lowest BCUT2D eigenvalue weighted by molar-refractivity contribution is -0.117. The summed E-state index contributed by atoms with van der Waals surface area (Å²) in [6.45, 7) is 9.63. The zero-order valence-corrected chi connectivity index (χ0v) is 22.3. The van der Waals surface area contributed by atoms with Crippen LogP contribution in [0.4, 0.5) is 5.82 Å². The normalized spacial score (nSPS) is 12.9. The van der Waals surface area contributed by atoms with Crippen LogP contribution in [0.25, 0.3) is 11.1 Å². The van der Waals surface area contributed by atoms with Crippen LogP contribution in [-0.2, 0) is 10.3 Å². The summed E-state index contributed by atoms with van der Waals surface area (Å²) in [6, 6.07) is 23.3. The molecule has 0 spiro atoms. The maximum atomic E-state index is 13.4. The summed E-state index contributed by atoms with van der Waals surface area (Å²) >= 11 is 0. The Labute approximate surface area is 224 Å². The molecule has 2 heterocycles. The standard InChI is InChI=1S/C31H34N6O/c1-22(24-12-10-23(16-32)11-13-24)17-33-20-28(25-8-6-5-7-9-25)30(38)36-29-15-14-26(18-34-29)27-19-35-37(21-27)31(2,3)4/h5-15,18-19,21-22,28,33H,17,20H2,1-4H3,(H,34,36,38)/t22-,28?/m0/s1. The lowest BCUT2D eigenvalue weighted by Gasteiger charge is -2.20. The van der Waals surface area contributed by atoms with Gasteiger partial charge in [0.05, 0.1) is 29.3 Å². The van der Waals surface area contributed by atoms with Gasteiger partial charge >= 0.3 is 0 Å². The van der Waals surface area contributed by atoms with Crippen molar-refractivity contribution in [1.82, 2.24) is 20.1 Å². The van der Waals surface area contributed by atoms with E-state index in [1.807, 2.05) is 83.8 Å². The van der Waals surface area contributed by atoms with Crippen molar-refractivity contribution in [1.29, 1.82) is 5.26 Å². The van der Waals surface area contributed by atoms with Gasteiger partial charge in [-0.25, -0.2) is 4.98 Å². The van der Waals surface area contributed by atoms with Crippen LogP contribution in [0.1, 0.15) is 56.2 Å². The number of anilines is 1. The zero-order valence-electron chi connectivity index (χ0n) is 22.3. The van der Waals surface area contributed by atoms with Gasteiger partial charge in [-0.3, -0.25) is 9.48 Å². The Hall–Kier alpha value is -4.28. The number of nitriles is 1. The first-order valence-electron chi connectivity index (χ1n) is 12.8. The Kier molecular flexibility index (Phi) is 8.35. The average molecular weight is 507 g/mol. The predicted molar refractivity (Wildman–Crippen MR) is 151 cm³/mol. The molecule has 7 nitrogen and oxygen atoms in total. The quantitative estimate of drug-likeness (QED) is 0.304. The minimum atomic E-state index is -0.379. The predicted octanol–water partition coefficient (Wildman–Crippen LogP) is 5.69. The van der Waals surface area contributed by atoms with E-state index in [1.54, 1.807) is 6.20 Å². The number of pyridine rings is 1. The molecule has 38 heavy (non-hydrogen) atoms. The molecule has 0 aliphatic rings. The van der Waals surface area contributed by atoms with Crippen LogP contribution < -0.4 is 10.6 Å². The van der Waals surface area contributed by atoms with Crippen molar-refractivity contribution in [3.8, 4) is 17.2 Å². The van der Waals surface area contributed by atoms with Crippen molar-refractivity contribution in [2.24, 2.45) is 0 Å². The molecule has 0 aliphatic carbocycles. The van der Waals surface area contributed by atoms with E-state index >= 15 is 0 Å². The third kappa shape index (κ3) is 6.72. The van der Waals surface area contributed by atoms with Crippen molar-refractivity contribution in [3.63, 3.8) is 0 Å². The summed E-state index contributed by atoms with van der Waals surface area (Å²) in [5, 5.41) is 19.9. The average Bonchev–Trinajstić information content (AvgIpc) is 3.43. The molecule has 0 saturated carbocycles. The molecule has 2 atom stereocenters. The molecule has 194 valence electrons. The fraction of sp³-hybridized carbons (Fsp3) is 0.290. The van der Waals surface area contributed by atoms with Crippen molar-refractivity contribution in [3.05, 3.63) is 102 Å². The number of carbonyl (C=O) groups excluding carboxylic acids is 1. The van der Waals surface area contributed by atoms with Crippen molar-refractivity contribution in [2.45, 2.75) is 45.1 Å². The maximum absolute atomic E-state index is 13.4. The minimum absolute atomic E-state index is 0.0973. The number of nitrogens with zero attached hydrogens (tertiary/aromatic N) is 4. The molecule has 0 aliphatic heterocycles. The lowest BCUT2D eigenvalue weighted by atomic mass is 9.96. The first-order chi connectivity index (χ1) is 18.2. The second-order valence-corrected chi connectivity index (χ2v) is 10.5. The lowest BCUT2D eigenvalue weighted by Crippen LogP contribution is -2.32. The molecule has 0 bridgehead atoms. The Bertz CT molecular complexity index is 1380. The molecule has 7 heteroatoms. The van der Waals surface area contributed by atoms with Crippen molar-refractivity contribution in [2.75, 3.05) is 18.4 Å². The summed E-state index contributed by atoms with van der Waals surface area (Å²) in [7, 11) is 0. The van der Waals surface area contributed by atoms with Gasteiger partial charge in [-0.15, -0.1) is 0 Å². The van der Waals surface area contributed by atoms with Crippen LogP contribution in [0, 0.1) is 11.3 Å². The molecule has 2 N–H and O–H groups in total. The Morgan fingerprint density at radius 2 is 1.68 bits per heavy atom. The topological polar surface area (TPSA) is 95.6 Å². The highest BCUT2D eigenvalue weighted by atomic mass is 16.2. The monoisotopic (exact) mass is 506 g/mol. The van der Waals surface area contributed by atoms with Crippen molar-refractivity contribution < 1.29 is 4.79 Å². The molecule has 4 aromatic rings. The van der Waals surface area contributed by atoms with Gasteiger partial charge in [0.15, 0.2) is 0 Å². The first-order valence-corrected chi connectivity index (χ1v) is 12.8. The van der Waals surface area contributed by atoms with Crippen molar-refractivity contribution >= 4 is 11.7 Å². The highest BCUT2D eigenvalue weighted by Gasteiger charge is 2.21. The van der Waals surface area contributed by atoms with Gasteiger partial charge in [-0.1, -0.05) is 49.4 Å². The summed E-state index contributed by atoms with van der Waals surface area (Å²) in [5.41, 5.74) is 4.56. The van der Waals surface area contributed by atoms with Gasteiger partial charge in [-0.2, -0.15) is 10.4 Å². The van der Waals surface area contributed by atoms with Crippen LogP contribution in [0.15, 0.2) is 85.3 Å². The summed E-state index contributed by atoms with van der Waals surface area (Å²) in [4.78, 5) is 17.9. The summed E-state index contributed by atoms with van der Waals surface area (Å²) < 4.78 is 1.93. The molecule has 0 radical (unpaired) electrons. The molecule has 2 aromatic carbocycles. The summed E-state index contributed by atoms with van der Waals surface area (Å²) in [6.07, 6.45) is 5.59. The largest absolute Gasteiger partial charge is 0.315 e. The number of hydrogen-bond acceptors (Lipinski definition) is 5. The van der Waals surface area contributed by atoms with E-state index in [0.29, 0.717) is 24.5 Å². The van der Waals surface area contributed by atoms with Crippen LogP contribution in [0.3, 0.4) is 0 Å². The number of rotatable bonds is 9. The third-order valence-corrected chi connectivity index (χ3v) is 6.54. The number of hydrogen-bond donors (Lipinski definition) is 2. The molecule has 2 aromatic heterocycles. The Balaban J connectivity index is 1.41. The Morgan fingerprint density at radius 3 is 2.29 bits per heavy atom. The highest BCUT2D eigenvalue weighted by molar-refractivity contribution is 5.95. The van der Waals surface area contributed by atoms with Crippen LogP contribution in [-0.4, -0.2) is 33.8 Å². The van der Waals surface area contributed by atoms with Crippen LogP contribution >= 0.6 is 0 Å². The smallest absolute Gasteiger partial charge is 0.234 e. The second-order valence-electron chi connectivity index (χ2n) is 10.5. The number of aromatic nitrogens is 3. The number of carbonyl (C=O) groups is 1. The molecule has 1 unspecified atom stereocenters. The van der Waals surface area contributed by atoms with E-state index in [9.17, 15) is 4.79 Å².